The second-order valence-corrected chi connectivity index (χ2v) is 35.8. The molecule has 0 heterocycles. The Morgan fingerprint density at radius 2 is 1.29 bits per heavy atom. The maximum absolute atomic E-state index is 7.12. The Kier molecular flexibility index (Phi) is 13.8. The fourth-order valence-corrected chi connectivity index (χ4v) is 11.9. The molecule has 3 saturated carbocycles. The summed E-state index contributed by atoms with van der Waals surface area (Å²) in [6.45, 7) is 46.2. The van der Waals surface area contributed by atoms with Crippen LogP contribution in [0.1, 0.15) is 140 Å². The van der Waals surface area contributed by atoms with Gasteiger partial charge in [0.05, 0.1) is 12.2 Å². The summed E-state index contributed by atoms with van der Waals surface area (Å²) in [6.07, 6.45) is 17.6. The van der Waals surface area contributed by atoms with Gasteiger partial charge in [-0.05, 0) is 135 Å². The Labute approximate surface area is 309 Å². The molecule has 0 unspecified atom stereocenters. The van der Waals surface area contributed by atoms with E-state index < -0.39 is 25.0 Å². The highest BCUT2D eigenvalue weighted by atomic mass is 28.4. The fraction of sp³-hybridized carbons (Fsp3) is 0.860. The van der Waals surface area contributed by atoms with Crippen LogP contribution in [-0.4, -0.2) is 43.8 Å². The van der Waals surface area contributed by atoms with Crippen LogP contribution in [0.5, 0.6) is 0 Å². The second kappa shape index (κ2) is 15.6. The van der Waals surface area contributed by atoms with E-state index in [2.05, 4.69) is 134 Å². The van der Waals surface area contributed by atoms with Crippen LogP contribution in [0.25, 0.3) is 0 Å². The third kappa shape index (κ3) is 10.2. The Balaban J connectivity index is 1.76. The fourth-order valence-electron chi connectivity index (χ4n) is 8.22. The zero-order valence-corrected chi connectivity index (χ0v) is 38.8. The molecule has 0 radical (unpaired) electrons. The number of fused-ring (bicyclic) bond motifs is 1. The lowest BCUT2D eigenvalue weighted by Crippen LogP contribution is -2.49. The van der Waals surface area contributed by atoms with E-state index >= 15 is 0 Å². The molecule has 3 nitrogen and oxygen atoms in total. The average Bonchev–Trinajstić information content (AvgIpc) is 3.29. The highest BCUT2D eigenvalue weighted by molar-refractivity contribution is 6.75. The molecule has 3 aliphatic rings. The van der Waals surface area contributed by atoms with Gasteiger partial charge >= 0.3 is 0 Å². The molecule has 3 rings (SSSR count). The van der Waals surface area contributed by atoms with E-state index in [1.165, 1.54) is 62.5 Å². The van der Waals surface area contributed by atoms with Crippen molar-refractivity contribution in [1.29, 1.82) is 0 Å². The van der Waals surface area contributed by atoms with Crippen LogP contribution in [0.3, 0.4) is 0 Å². The van der Waals surface area contributed by atoms with Gasteiger partial charge in [-0.2, -0.15) is 0 Å². The SMILES string of the molecule is C=C1[C@H](O[Si](C)(C)C(C)(C)C)CC(=C/C=C2\CCC[C@]3(C)[C@@H]([C@H](C)CCCCO[Si](C)(C)C(C)(C)C)CC[C@@H]23)C[C@H]1O[Si](C)(C)C(C)(C)C. The molecule has 0 bridgehead atoms. The molecule has 0 aromatic carbocycles. The summed E-state index contributed by atoms with van der Waals surface area (Å²) in [5.74, 6) is 2.34. The Bertz CT molecular complexity index is 1150. The molecule has 0 saturated heterocycles. The van der Waals surface area contributed by atoms with Crippen LogP contribution >= 0.6 is 0 Å². The summed E-state index contributed by atoms with van der Waals surface area (Å²) in [4.78, 5) is 0. The first kappa shape index (κ1) is 43.2. The zero-order valence-electron chi connectivity index (χ0n) is 35.8. The first-order valence-corrected chi connectivity index (χ1v) is 28.9. The van der Waals surface area contributed by atoms with E-state index in [4.69, 9.17) is 13.3 Å². The largest absolute Gasteiger partial charge is 0.417 e. The summed E-state index contributed by atoms with van der Waals surface area (Å²) in [6, 6.07) is 0. The number of hydrogen-bond donors (Lipinski definition) is 0. The van der Waals surface area contributed by atoms with Gasteiger partial charge in [0.25, 0.3) is 0 Å². The Morgan fingerprint density at radius 1 is 0.776 bits per heavy atom. The summed E-state index contributed by atoms with van der Waals surface area (Å²) in [7, 11) is -5.59. The van der Waals surface area contributed by atoms with Gasteiger partial charge in [-0.15, -0.1) is 0 Å². The van der Waals surface area contributed by atoms with Crippen molar-refractivity contribution < 1.29 is 13.3 Å². The molecule has 0 amide bonds. The highest BCUT2D eigenvalue weighted by Crippen LogP contribution is 2.60. The molecule has 0 N–H and O–H groups in total. The molecule has 6 atom stereocenters. The summed E-state index contributed by atoms with van der Waals surface area (Å²) in [5.41, 5.74) is 4.81. The van der Waals surface area contributed by atoms with Crippen molar-refractivity contribution in [3.8, 4) is 0 Å². The van der Waals surface area contributed by atoms with Gasteiger partial charge in [-0.25, -0.2) is 0 Å². The molecular weight excluding hydrogens is 649 g/mol. The molecule has 3 fully saturated rings. The molecular formula is C43H82O3Si3. The van der Waals surface area contributed by atoms with E-state index in [-0.39, 0.29) is 22.3 Å². The maximum Gasteiger partial charge on any atom is 0.192 e. The third-order valence-corrected chi connectivity index (χ3v) is 28.3. The van der Waals surface area contributed by atoms with Crippen molar-refractivity contribution in [2.45, 2.75) is 207 Å². The Hall–Kier alpha value is -0.249. The molecule has 0 spiro atoms. The number of allylic oxidation sites excluding steroid dienone is 3. The lowest BCUT2D eigenvalue weighted by atomic mass is 9.60. The first-order valence-electron chi connectivity index (χ1n) is 20.2. The lowest BCUT2D eigenvalue weighted by molar-refractivity contribution is 0.0926. The maximum atomic E-state index is 7.12. The van der Waals surface area contributed by atoms with Crippen LogP contribution in [0.4, 0.5) is 0 Å². The van der Waals surface area contributed by atoms with Crippen LogP contribution < -0.4 is 0 Å². The number of unbranched alkanes of at least 4 members (excludes halogenated alkanes) is 1. The van der Waals surface area contributed by atoms with Crippen molar-refractivity contribution >= 4 is 25.0 Å². The summed E-state index contributed by atoms with van der Waals surface area (Å²) >= 11 is 0. The van der Waals surface area contributed by atoms with E-state index in [0.29, 0.717) is 10.5 Å². The number of rotatable bonds is 12. The number of hydrogen-bond acceptors (Lipinski definition) is 3. The second-order valence-electron chi connectivity index (χ2n) is 21.5. The molecule has 6 heteroatoms. The van der Waals surface area contributed by atoms with Gasteiger partial charge in [0.2, 0.25) is 0 Å². The van der Waals surface area contributed by atoms with Crippen molar-refractivity contribution in [2.75, 3.05) is 6.61 Å². The predicted octanol–water partition coefficient (Wildman–Crippen LogP) is 14.0. The van der Waals surface area contributed by atoms with Gasteiger partial charge in [0.1, 0.15) is 0 Å². The molecule has 49 heavy (non-hydrogen) atoms. The zero-order chi connectivity index (χ0) is 37.4. The lowest BCUT2D eigenvalue weighted by Gasteiger charge is -2.46. The van der Waals surface area contributed by atoms with Crippen LogP contribution in [0.15, 0.2) is 35.5 Å². The standard InChI is InChI=1S/C43H82O3Si3/c1-32(22-19-20-29-44-47(13,14)40(3,4)5)36-26-27-37-35(23-21-28-43(36,37)12)25-24-34-30-38(45-48(15,16)41(6,7)8)33(2)39(31-34)46-49(17,18)42(9,10)11/h24-25,32,36-39H,2,19-23,26-31H2,1,3-18H3/b35-25+/t32-,36-,37+,38-,39-,43-/m1/s1. The average molecular weight is 731 g/mol. The van der Waals surface area contributed by atoms with Crippen molar-refractivity contribution in [1.82, 2.24) is 0 Å². The van der Waals surface area contributed by atoms with E-state index in [9.17, 15) is 0 Å². The minimum absolute atomic E-state index is 0.0367. The predicted molar refractivity (Wildman–Crippen MR) is 223 cm³/mol. The quantitative estimate of drug-likeness (QED) is 0.114. The van der Waals surface area contributed by atoms with Gasteiger partial charge in [0.15, 0.2) is 25.0 Å². The molecule has 0 aromatic rings. The van der Waals surface area contributed by atoms with E-state index in [1.54, 1.807) is 5.57 Å². The van der Waals surface area contributed by atoms with Gasteiger partial charge in [-0.1, -0.05) is 119 Å². The highest BCUT2D eigenvalue weighted by Gasteiger charge is 2.51. The first-order chi connectivity index (χ1) is 22.1. The smallest absolute Gasteiger partial charge is 0.192 e. The minimum atomic E-state index is -1.97. The van der Waals surface area contributed by atoms with Crippen LogP contribution in [-0.2, 0) is 13.3 Å². The molecule has 0 aliphatic heterocycles. The Morgan fingerprint density at radius 3 is 1.78 bits per heavy atom. The topological polar surface area (TPSA) is 27.7 Å². The molecule has 3 aliphatic carbocycles. The van der Waals surface area contributed by atoms with Crippen LogP contribution in [0.2, 0.25) is 54.4 Å². The molecule has 0 aromatic heterocycles. The van der Waals surface area contributed by atoms with Crippen LogP contribution in [0, 0.1) is 23.2 Å². The van der Waals surface area contributed by atoms with Gasteiger partial charge < -0.3 is 13.3 Å². The molecule has 284 valence electrons. The third-order valence-electron chi connectivity index (χ3n) is 14.8. The van der Waals surface area contributed by atoms with Crippen molar-refractivity contribution in [3.63, 3.8) is 0 Å². The minimum Gasteiger partial charge on any atom is -0.417 e. The van der Waals surface area contributed by atoms with E-state index in [1.807, 2.05) is 0 Å². The van der Waals surface area contributed by atoms with Gasteiger partial charge in [0, 0.05) is 6.61 Å². The van der Waals surface area contributed by atoms with Crippen molar-refractivity contribution in [3.05, 3.63) is 35.5 Å². The van der Waals surface area contributed by atoms with Crippen molar-refractivity contribution in [2.24, 2.45) is 23.2 Å². The summed E-state index contributed by atoms with van der Waals surface area (Å²) < 4.78 is 20.7. The monoisotopic (exact) mass is 731 g/mol. The van der Waals surface area contributed by atoms with Gasteiger partial charge in [-0.3, -0.25) is 0 Å². The summed E-state index contributed by atoms with van der Waals surface area (Å²) in [5, 5.41) is 0.614. The normalized spacial score (nSPS) is 29.4. The van der Waals surface area contributed by atoms with E-state index in [0.717, 1.165) is 37.2 Å².